The molecule has 2 aromatic carbocycles. The largest absolute Gasteiger partial charge is 0.416 e. The highest BCUT2D eigenvalue weighted by molar-refractivity contribution is 7.92. The van der Waals surface area contributed by atoms with Crippen molar-refractivity contribution in [1.82, 2.24) is 5.32 Å². The van der Waals surface area contributed by atoms with Gasteiger partial charge in [-0.25, -0.2) is 8.42 Å². The van der Waals surface area contributed by atoms with Gasteiger partial charge in [-0.2, -0.15) is 13.2 Å². The Kier molecular flexibility index (Phi) is 6.64. The highest BCUT2D eigenvalue weighted by Crippen LogP contribution is 2.31. The highest BCUT2D eigenvalue weighted by atomic mass is 32.2. The second kappa shape index (κ2) is 8.90. The molecule has 9 heteroatoms. The number of benzene rings is 2. The van der Waals surface area contributed by atoms with Crippen molar-refractivity contribution in [3.8, 4) is 0 Å². The van der Waals surface area contributed by atoms with Crippen LogP contribution in [-0.4, -0.2) is 27.1 Å². The summed E-state index contributed by atoms with van der Waals surface area (Å²) in [6.07, 6.45) is 0.727. The monoisotopic (exact) mass is 454 g/mol. The van der Waals surface area contributed by atoms with Crippen LogP contribution in [0.5, 0.6) is 0 Å². The summed E-state index contributed by atoms with van der Waals surface area (Å²) in [5.74, 6) is -0.546. The van der Waals surface area contributed by atoms with Crippen molar-refractivity contribution >= 4 is 21.6 Å². The number of carbonyl (C=O) groups is 1. The van der Waals surface area contributed by atoms with Crippen LogP contribution in [0.25, 0.3) is 0 Å². The zero-order chi connectivity index (χ0) is 22.8. The molecule has 1 amide bonds. The van der Waals surface area contributed by atoms with Crippen LogP contribution in [0.15, 0.2) is 42.5 Å². The van der Waals surface area contributed by atoms with Crippen molar-refractivity contribution in [1.29, 1.82) is 0 Å². The fraction of sp³-hybridized carbons (Fsp3) is 0.409. The van der Waals surface area contributed by atoms with E-state index < -0.39 is 34.2 Å². The molecule has 1 atom stereocenters. The van der Waals surface area contributed by atoms with E-state index in [0.29, 0.717) is 0 Å². The number of sulfonamides is 1. The molecule has 0 bridgehead atoms. The number of carbonyl (C=O) groups excluding carboxylic acids is 1. The second-order valence-electron chi connectivity index (χ2n) is 7.84. The summed E-state index contributed by atoms with van der Waals surface area (Å²) in [5.41, 5.74) is 2.61. The van der Waals surface area contributed by atoms with E-state index in [9.17, 15) is 26.4 Å². The van der Waals surface area contributed by atoms with Crippen LogP contribution in [0.1, 0.15) is 48.1 Å². The van der Waals surface area contributed by atoms with Crippen molar-refractivity contribution < 1.29 is 26.4 Å². The molecule has 2 aromatic rings. The first-order valence-electron chi connectivity index (χ1n) is 10.0. The summed E-state index contributed by atoms with van der Waals surface area (Å²) in [5, 5.41) is 2.79. The number of nitrogens with zero attached hydrogens (tertiary/aromatic N) is 1. The lowest BCUT2D eigenvalue weighted by atomic mass is 9.89. The van der Waals surface area contributed by atoms with E-state index in [4.69, 9.17) is 0 Å². The Morgan fingerprint density at radius 1 is 1.06 bits per heavy atom. The minimum atomic E-state index is -4.53. The summed E-state index contributed by atoms with van der Waals surface area (Å²) in [6.45, 7) is 1.28. The van der Waals surface area contributed by atoms with Crippen molar-refractivity contribution in [2.24, 2.45) is 0 Å². The van der Waals surface area contributed by atoms with Gasteiger partial charge in [0, 0.05) is 0 Å². The Balaban J connectivity index is 1.72. The predicted molar refractivity (Wildman–Crippen MR) is 113 cm³/mol. The van der Waals surface area contributed by atoms with Gasteiger partial charge in [0.15, 0.2) is 0 Å². The summed E-state index contributed by atoms with van der Waals surface area (Å²) in [7, 11) is -3.88. The van der Waals surface area contributed by atoms with Gasteiger partial charge in [0.25, 0.3) is 0 Å². The van der Waals surface area contributed by atoms with Crippen LogP contribution in [0.3, 0.4) is 0 Å². The van der Waals surface area contributed by atoms with Gasteiger partial charge < -0.3 is 5.32 Å². The van der Waals surface area contributed by atoms with Crippen molar-refractivity contribution in [3.05, 3.63) is 64.7 Å². The minimum Gasteiger partial charge on any atom is -0.348 e. The van der Waals surface area contributed by atoms with E-state index in [1.807, 2.05) is 13.0 Å². The maximum absolute atomic E-state index is 12.8. The lowest BCUT2D eigenvalue weighted by molar-refractivity contribution is -0.137. The molecule has 0 saturated heterocycles. The van der Waals surface area contributed by atoms with Crippen LogP contribution in [0.4, 0.5) is 18.9 Å². The molecule has 1 aliphatic carbocycles. The molecule has 0 heterocycles. The molecule has 0 fully saturated rings. The molecule has 31 heavy (non-hydrogen) atoms. The average molecular weight is 455 g/mol. The normalized spacial score (nSPS) is 15.1. The van der Waals surface area contributed by atoms with E-state index in [1.165, 1.54) is 17.5 Å². The standard InChI is InChI=1S/C22H25F3N2O3S/c1-15(17-8-7-16-5-3-4-6-18(16)13-17)26-21(28)14-27(31(2,29)30)20-11-9-19(10-12-20)22(23,24)25/h7-13,15H,3-6,14H2,1-2H3,(H,26,28). The molecule has 0 saturated carbocycles. The number of amides is 1. The van der Waals surface area contributed by atoms with Gasteiger partial charge in [0.1, 0.15) is 6.54 Å². The average Bonchev–Trinajstić information content (AvgIpc) is 2.70. The maximum atomic E-state index is 12.8. The molecule has 0 spiro atoms. The molecule has 0 radical (unpaired) electrons. The SMILES string of the molecule is CC(NC(=O)CN(c1ccc(C(F)(F)F)cc1)S(C)(=O)=O)c1ccc2c(c1)CCCC2. The Morgan fingerprint density at radius 2 is 1.68 bits per heavy atom. The van der Waals surface area contributed by atoms with Crippen LogP contribution in [0, 0.1) is 0 Å². The van der Waals surface area contributed by atoms with Gasteiger partial charge in [-0.3, -0.25) is 9.10 Å². The molecule has 5 nitrogen and oxygen atoms in total. The van der Waals surface area contributed by atoms with Crippen molar-refractivity contribution in [2.45, 2.75) is 44.8 Å². The van der Waals surface area contributed by atoms with Crippen LogP contribution in [-0.2, 0) is 33.8 Å². The van der Waals surface area contributed by atoms with Crippen LogP contribution < -0.4 is 9.62 Å². The fourth-order valence-electron chi connectivity index (χ4n) is 3.74. The molecule has 0 aromatic heterocycles. The molecule has 1 aliphatic rings. The van der Waals surface area contributed by atoms with Gasteiger partial charge in [-0.15, -0.1) is 0 Å². The maximum Gasteiger partial charge on any atom is 0.416 e. The zero-order valence-electron chi connectivity index (χ0n) is 17.4. The molecule has 0 aliphatic heterocycles. The summed E-state index contributed by atoms with van der Waals surface area (Å²) < 4.78 is 63.5. The van der Waals surface area contributed by atoms with Gasteiger partial charge in [0.05, 0.1) is 23.5 Å². The van der Waals surface area contributed by atoms with Gasteiger partial charge in [0.2, 0.25) is 15.9 Å². The molecule has 3 rings (SSSR count). The number of halogens is 3. The number of anilines is 1. The van der Waals surface area contributed by atoms with Crippen LogP contribution in [0.2, 0.25) is 0 Å². The first-order valence-corrected chi connectivity index (χ1v) is 11.9. The Morgan fingerprint density at radius 3 is 2.26 bits per heavy atom. The smallest absolute Gasteiger partial charge is 0.348 e. The number of hydrogen-bond donors (Lipinski definition) is 1. The molecule has 168 valence electrons. The van der Waals surface area contributed by atoms with Crippen molar-refractivity contribution in [3.63, 3.8) is 0 Å². The number of rotatable bonds is 6. The molecular weight excluding hydrogens is 429 g/mol. The van der Waals surface area contributed by atoms with E-state index >= 15 is 0 Å². The lowest BCUT2D eigenvalue weighted by Crippen LogP contribution is -2.41. The first kappa shape index (κ1) is 23.1. The number of hydrogen-bond acceptors (Lipinski definition) is 3. The molecule has 1 N–H and O–H groups in total. The fourth-order valence-corrected chi connectivity index (χ4v) is 4.60. The van der Waals surface area contributed by atoms with Gasteiger partial charge in [-0.05, 0) is 73.6 Å². The Bertz CT molecular complexity index is 1050. The number of alkyl halides is 3. The van der Waals surface area contributed by atoms with E-state index in [2.05, 4.69) is 17.4 Å². The third-order valence-electron chi connectivity index (χ3n) is 5.42. The zero-order valence-corrected chi connectivity index (χ0v) is 18.2. The van der Waals surface area contributed by atoms with Gasteiger partial charge >= 0.3 is 6.18 Å². The predicted octanol–water partition coefficient (Wildman–Crippen LogP) is 4.23. The topological polar surface area (TPSA) is 66.5 Å². The van der Waals surface area contributed by atoms with Crippen molar-refractivity contribution in [2.75, 3.05) is 17.1 Å². The number of fused-ring (bicyclic) bond motifs is 1. The highest BCUT2D eigenvalue weighted by Gasteiger charge is 2.31. The first-order chi connectivity index (χ1) is 14.4. The number of nitrogens with one attached hydrogen (secondary N) is 1. The quantitative estimate of drug-likeness (QED) is 0.711. The van der Waals surface area contributed by atoms with Gasteiger partial charge in [-0.1, -0.05) is 18.2 Å². The summed E-state index contributed by atoms with van der Waals surface area (Å²) >= 11 is 0. The van der Waals surface area contributed by atoms with E-state index in [1.54, 1.807) is 0 Å². The Labute approximate surface area is 180 Å². The second-order valence-corrected chi connectivity index (χ2v) is 9.75. The molecular formula is C22H25F3N2O3S. The van der Waals surface area contributed by atoms with E-state index in [-0.39, 0.29) is 11.7 Å². The molecule has 1 unspecified atom stereocenters. The minimum absolute atomic E-state index is 0.00733. The third-order valence-corrected chi connectivity index (χ3v) is 6.56. The van der Waals surface area contributed by atoms with Crippen LogP contribution >= 0.6 is 0 Å². The summed E-state index contributed by atoms with van der Waals surface area (Å²) in [4.78, 5) is 12.6. The van der Waals surface area contributed by atoms with E-state index in [0.717, 1.165) is 59.7 Å². The number of aryl methyl sites for hydroxylation is 2. The lowest BCUT2D eigenvalue weighted by Gasteiger charge is -2.24. The summed E-state index contributed by atoms with van der Waals surface area (Å²) in [6, 6.07) is 9.44. The third kappa shape index (κ3) is 5.78. The Hall–Kier alpha value is -2.55.